The van der Waals surface area contributed by atoms with Crippen LogP contribution in [0.15, 0.2) is 6.07 Å². The number of rotatable bonds is 4. The second-order valence-corrected chi connectivity index (χ2v) is 5.37. The van der Waals surface area contributed by atoms with E-state index in [1.54, 1.807) is 0 Å². The summed E-state index contributed by atoms with van der Waals surface area (Å²) < 4.78 is 53.4. The van der Waals surface area contributed by atoms with Crippen molar-refractivity contribution in [2.24, 2.45) is 0 Å². The number of carbonyl (C=O) groups is 4. The third-order valence-corrected chi connectivity index (χ3v) is 3.98. The zero-order valence-corrected chi connectivity index (χ0v) is 13.6. The van der Waals surface area contributed by atoms with E-state index in [4.69, 9.17) is 0 Å². The number of hydrogen-bond donors (Lipinski definition) is 2. The zero-order valence-electron chi connectivity index (χ0n) is 13.6. The molecule has 2 rings (SSSR count). The molecule has 1 unspecified atom stereocenters. The minimum Gasteiger partial charge on any atom is -0.330 e. The quantitative estimate of drug-likeness (QED) is 0.358. The summed E-state index contributed by atoms with van der Waals surface area (Å²) in [7, 11) is 0. The number of likely N-dealkylation sites (N-methyl/N-ethyl adjacent to an activating group) is 1. The molecule has 11 heteroatoms. The van der Waals surface area contributed by atoms with E-state index < -0.39 is 58.1 Å². The summed E-state index contributed by atoms with van der Waals surface area (Å²) in [4.78, 5) is 49.2. The third kappa shape index (κ3) is 2.78. The highest BCUT2D eigenvalue weighted by Gasteiger charge is 2.53. The molecular weight excluding hydrogens is 362 g/mol. The van der Waals surface area contributed by atoms with E-state index in [0.29, 0.717) is 4.90 Å². The predicted octanol–water partition coefficient (Wildman–Crippen LogP) is 1.22. The minimum absolute atomic E-state index is 0.0976. The number of hydrogen-bond acceptors (Lipinski definition) is 4. The van der Waals surface area contributed by atoms with Crippen LogP contribution in [0.25, 0.3) is 0 Å². The fraction of sp³-hybridized carbons (Fsp3) is 0.333. The van der Waals surface area contributed by atoms with Crippen LogP contribution in [-0.2, 0) is 9.59 Å². The number of halogens is 4. The lowest BCUT2D eigenvalue weighted by molar-refractivity contribution is -0.146. The lowest BCUT2D eigenvalue weighted by Crippen LogP contribution is -2.73. The Kier molecular flexibility index (Phi) is 5.01. The van der Waals surface area contributed by atoms with Crippen LogP contribution < -0.4 is 10.6 Å². The lowest BCUT2D eigenvalue weighted by Gasteiger charge is -2.38. The average molecular weight is 375 g/mol. The fourth-order valence-electron chi connectivity index (χ4n) is 2.49. The van der Waals surface area contributed by atoms with Gasteiger partial charge in [0, 0.05) is 6.54 Å². The number of nitrogens with one attached hydrogen (secondary N) is 2. The van der Waals surface area contributed by atoms with Crippen LogP contribution in [0.1, 0.15) is 30.6 Å². The monoisotopic (exact) mass is 375 g/mol. The first kappa shape index (κ1) is 19.3. The van der Waals surface area contributed by atoms with E-state index in [0.717, 1.165) is 0 Å². The minimum atomic E-state index is -2.30. The van der Waals surface area contributed by atoms with Crippen molar-refractivity contribution in [1.29, 1.82) is 0 Å². The molecule has 1 aliphatic rings. The van der Waals surface area contributed by atoms with Crippen molar-refractivity contribution in [1.82, 2.24) is 15.5 Å². The molecule has 0 radical (unpaired) electrons. The van der Waals surface area contributed by atoms with Gasteiger partial charge in [-0.3, -0.25) is 24.6 Å². The Morgan fingerprint density at radius 3 is 2.27 bits per heavy atom. The highest BCUT2D eigenvalue weighted by molar-refractivity contribution is 6.24. The topological polar surface area (TPSA) is 95.6 Å². The van der Waals surface area contributed by atoms with E-state index in [1.165, 1.54) is 13.8 Å². The van der Waals surface area contributed by atoms with Crippen LogP contribution in [0.2, 0.25) is 0 Å². The van der Waals surface area contributed by atoms with Gasteiger partial charge in [-0.25, -0.2) is 22.4 Å². The van der Waals surface area contributed by atoms with Crippen molar-refractivity contribution in [2.75, 3.05) is 6.54 Å². The van der Waals surface area contributed by atoms with Crippen LogP contribution in [0.5, 0.6) is 0 Å². The molecule has 7 nitrogen and oxygen atoms in total. The summed E-state index contributed by atoms with van der Waals surface area (Å²) in [5.41, 5.74) is -3.54. The zero-order chi connectivity index (χ0) is 19.8. The molecule has 0 aromatic heterocycles. The van der Waals surface area contributed by atoms with Crippen molar-refractivity contribution in [3.8, 4) is 0 Å². The van der Waals surface area contributed by atoms with E-state index in [-0.39, 0.29) is 19.0 Å². The van der Waals surface area contributed by atoms with Gasteiger partial charge in [0.25, 0.3) is 17.7 Å². The van der Waals surface area contributed by atoms with Gasteiger partial charge in [-0.15, -0.1) is 0 Å². The lowest BCUT2D eigenvalue weighted by atomic mass is 9.90. The van der Waals surface area contributed by atoms with E-state index >= 15 is 0 Å². The van der Waals surface area contributed by atoms with Crippen LogP contribution in [0, 0.1) is 23.3 Å². The highest BCUT2D eigenvalue weighted by atomic mass is 19.2. The van der Waals surface area contributed by atoms with Crippen molar-refractivity contribution >= 4 is 23.8 Å². The number of benzene rings is 1. The second-order valence-electron chi connectivity index (χ2n) is 5.37. The molecule has 140 valence electrons. The van der Waals surface area contributed by atoms with Gasteiger partial charge in [0.1, 0.15) is 0 Å². The first-order chi connectivity index (χ1) is 12.1. The molecule has 0 spiro atoms. The van der Waals surface area contributed by atoms with Crippen molar-refractivity contribution in [3.63, 3.8) is 0 Å². The molecule has 1 aromatic carbocycles. The molecule has 2 N–H and O–H groups in total. The number of carbonyl (C=O) groups excluding carboxylic acids is 4. The summed E-state index contributed by atoms with van der Waals surface area (Å²) in [6.45, 7) is 2.62. The fourth-order valence-corrected chi connectivity index (χ4v) is 2.49. The van der Waals surface area contributed by atoms with Gasteiger partial charge in [-0.1, -0.05) is 6.92 Å². The first-order valence-electron chi connectivity index (χ1n) is 7.43. The normalized spacial score (nSPS) is 20.2. The van der Waals surface area contributed by atoms with Gasteiger partial charge in [-0.05, 0) is 19.4 Å². The third-order valence-electron chi connectivity index (χ3n) is 3.98. The summed E-state index contributed by atoms with van der Waals surface area (Å²) in [5, 5.41) is 3.77. The largest absolute Gasteiger partial charge is 0.330 e. The Labute approximate surface area is 144 Å². The average Bonchev–Trinajstić information content (AvgIpc) is 2.60. The van der Waals surface area contributed by atoms with Gasteiger partial charge in [0.15, 0.2) is 28.8 Å². The molecule has 0 aliphatic carbocycles. The molecule has 1 fully saturated rings. The molecule has 5 amide bonds. The molecule has 1 heterocycles. The van der Waals surface area contributed by atoms with Gasteiger partial charge in [0.2, 0.25) is 0 Å². The number of urea groups is 1. The molecule has 26 heavy (non-hydrogen) atoms. The van der Waals surface area contributed by atoms with E-state index in [2.05, 4.69) is 0 Å². The number of imide groups is 2. The van der Waals surface area contributed by atoms with Crippen molar-refractivity contribution in [3.05, 3.63) is 34.9 Å². The summed E-state index contributed by atoms with van der Waals surface area (Å²) >= 11 is 0. The van der Waals surface area contributed by atoms with Crippen LogP contribution >= 0.6 is 0 Å². The maximum Gasteiger partial charge on any atom is 0.330 e. The summed E-state index contributed by atoms with van der Waals surface area (Å²) in [6, 6.07) is -0.911. The molecular formula is C15H13F4N3O4. The maximum atomic E-state index is 13.8. The second kappa shape index (κ2) is 6.73. The van der Waals surface area contributed by atoms with E-state index in [1.807, 2.05) is 10.6 Å². The number of barbiturate groups is 1. The summed E-state index contributed by atoms with van der Waals surface area (Å²) in [6.07, 6.45) is -0.346. The molecule has 1 aromatic rings. The number of nitrogens with zero attached hydrogens (tertiary/aromatic N) is 1. The molecule has 1 aliphatic heterocycles. The standard InChI is InChI=1S/C15H13F4N3O4/c1-3-15(12(24)20-14(26)22(4-2)13(15)25)21-11(23)6-5-7(16)9(18)10(19)8(6)17/h5H,3-4H2,1-2H3,(H,21,23)(H,20,24,26). The first-order valence-corrected chi connectivity index (χ1v) is 7.43. The van der Waals surface area contributed by atoms with Crippen LogP contribution in [0.4, 0.5) is 22.4 Å². The van der Waals surface area contributed by atoms with Crippen LogP contribution in [0.3, 0.4) is 0 Å². The predicted molar refractivity (Wildman–Crippen MR) is 77.7 cm³/mol. The van der Waals surface area contributed by atoms with Gasteiger partial charge in [-0.2, -0.15) is 0 Å². The maximum absolute atomic E-state index is 13.8. The SMILES string of the molecule is CCN1C(=O)NC(=O)C(CC)(NC(=O)c2cc(F)c(F)c(F)c2F)C1=O. The highest BCUT2D eigenvalue weighted by Crippen LogP contribution is 2.23. The van der Waals surface area contributed by atoms with Crippen molar-refractivity contribution in [2.45, 2.75) is 25.8 Å². The molecule has 1 saturated heterocycles. The van der Waals surface area contributed by atoms with Gasteiger partial charge >= 0.3 is 6.03 Å². The molecule has 0 saturated carbocycles. The molecule has 0 bridgehead atoms. The number of amides is 5. The Hall–Kier alpha value is -2.98. The Morgan fingerprint density at radius 2 is 1.73 bits per heavy atom. The van der Waals surface area contributed by atoms with Crippen LogP contribution in [-0.4, -0.2) is 40.7 Å². The van der Waals surface area contributed by atoms with E-state index in [9.17, 15) is 36.7 Å². The Balaban J connectivity index is 2.47. The van der Waals surface area contributed by atoms with Crippen molar-refractivity contribution < 1.29 is 36.7 Å². The Bertz CT molecular complexity index is 830. The van der Waals surface area contributed by atoms with Gasteiger partial charge < -0.3 is 5.32 Å². The summed E-state index contributed by atoms with van der Waals surface area (Å²) in [5.74, 6) is -12.0. The Morgan fingerprint density at radius 1 is 1.12 bits per heavy atom. The molecule has 1 atom stereocenters. The van der Waals surface area contributed by atoms with Gasteiger partial charge in [0.05, 0.1) is 5.56 Å². The smallest absolute Gasteiger partial charge is 0.330 e.